The number of likely N-dealkylation sites (tertiary alicyclic amines) is 1. The topological polar surface area (TPSA) is 50.8 Å². The predicted octanol–water partition coefficient (Wildman–Crippen LogP) is 3.90. The van der Waals surface area contributed by atoms with Gasteiger partial charge >= 0.3 is 6.09 Å². The molecule has 0 bridgehead atoms. The third kappa shape index (κ3) is 5.34. The minimum Gasteiger partial charge on any atom is -0.494 e. The number of ether oxygens (including phenoxy) is 2. The van der Waals surface area contributed by atoms with Crippen molar-refractivity contribution < 1.29 is 14.3 Å². The van der Waals surface area contributed by atoms with E-state index in [1.165, 1.54) is 0 Å². The number of carbonyl (C=O) groups excluding carboxylic acids is 1. The number of nitrogens with one attached hydrogen (secondary N) is 1. The minimum atomic E-state index is -0.452. The number of nitrogens with zero attached hydrogens (tertiary/aromatic N) is 1. The first kappa shape index (κ1) is 17.4. The van der Waals surface area contributed by atoms with Gasteiger partial charge in [0, 0.05) is 18.8 Å². The van der Waals surface area contributed by atoms with Crippen LogP contribution in [0.3, 0.4) is 0 Å². The van der Waals surface area contributed by atoms with Crippen LogP contribution in [0.4, 0.5) is 10.5 Å². The van der Waals surface area contributed by atoms with Crippen molar-refractivity contribution in [3.05, 3.63) is 24.3 Å². The summed E-state index contributed by atoms with van der Waals surface area (Å²) in [7, 11) is 0. The largest absolute Gasteiger partial charge is 0.494 e. The van der Waals surface area contributed by atoms with Crippen LogP contribution in [0, 0.1) is 0 Å². The number of carbonyl (C=O) groups is 1. The van der Waals surface area contributed by atoms with E-state index in [1.54, 1.807) is 0 Å². The molecule has 1 heterocycles. The SMILES string of the molecule is CCOc1ccc(NCC2CCCN2C(=O)OC(C)(C)C)cc1. The Morgan fingerprint density at radius 3 is 2.61 bits per heavy atom. The van der Waals surface area contributed by atoms with Gasteiger partial charge in [0.2, 0.25) is 0 Å². The Balaban J connectivity index is 1.87. The van der Waals surface area contributed by atoms with Crippen LogP contribution in [0.5, 0.6) is 5.75 Å². The van der Waals surface area contributed by atoms with E-state index in [2.05, 4.69) is 5.32 Å². The second-order valence-corrected chi connectivity index (χ2v) is 6.81. The first-order chi connectivity index (χ1) is 10.9. The monoisotopic (exact) mass is 320 g/mol. The molecule has 1 unspecified atom stereocenters. The van der Waals surface area contributed by atoms with Gasteiger partial charge in [0.1, 0.15) is 11.4 Å². The Labute approximate surface area is 139 Å². The molecule has 1 N–H and O–H groups in total. The van der Waals surface area contributed by atoms with Crippen molar-refractivity contribution in [1.82, 2.24) is 4.90 Å². The number of amides is 1. The van der Waals surface area contributed by atoms with E-state index in [9.17, 15) is 4.79 Å². The molecule has 1 aromatic carbocycles. The van der Waals surface area contributed by atoms with Gasteiger partial charge in [0.15, 0.2) is 0 Å². The Kier molecular flexibility index (Phi) is 5.74. The van der Waals surface area contributed by atoms with Crippen molar-refractivity contribution in [2.75, 3.05) is 25.0 Å². The molecule has 0 aliphatic carbocycles. The summed E-state index contributed by atoms with van der Waals surface area (Å²) in [6.07, 6.45) is 1.81. The van der Waals surface area contributed by atoms with Gasteiger partial charge in [-0.2, -0.15) is 0 Å². The molecule has 1 aromatic rings. The number of anilines is 1. The molecule has 0 aromatic heterocycles. The van der Waals surface area contributed by atoms with Gasteiger partial charge in [-0.3, -0.25) is 0 Å². The van der Waals surface area contributed by atoms with E-state index in [-0.39, 0.29) is 12.1 Å². The maximum absolute atomic E-state index is 12.3. The summed E-state index contributed by atoms with van der Waals surface area (Å²) >= 11 is 0. The van der Waals surface area contributed by atoms with Gasteiger partial charge in [-0.15, -0.1) is 0 Å². The summed E-state index contributed by atoms with van der Waals surface area (Å²) in [6, 6.07) is 8.07. The summed E-state index contributed by atoms with van der Waals surface area (Å²) in [6.45, 7) is 9.82. The van der Waals surface area contributed by atoms with Crippen LogP contribution in [0.2, 0.25) is 0 Å². The standard InChI is InChI=1S/C18H28N2O3/c1-5-22-16-10-8-14(9-11-16)19-13-15-7-6-12-20(15)17(21)23-18(2,3)4/h8-11,15,19H,5-7,12-13H2,1-4H3. The Hall–Kier alpha value is -1.91. The molecule has 23 heavy (non-hydrogen) atoms. The third-order valence-corrected chi connectivity index (χ3v) is 3.71. The van der Waals surface area contributed by atoms with Crippen LogP contribution >= 0.6 is 0 Å². The molecular weight excluding hydrogens is 292 g/mol. The summed E-state index contributed by atoms with van der Waals surface area (Å²) in [5.41, 5.74) is 0.580. The van der Waals surface area contributed by atoms with Crippen LogP contribution in [0.25, 0.3) is 0 Å². The van der Waals surface area contributed by atoms with E-state index < -0.39 is 5.60 Å². The fourth-order valence-corrected chi connectivity index (χ4v) is 2.68. The van der Waals surface area contributed by atoms with Crippen LogP contribution in [0.1, 0.15) is 40.5 Å². The zero-order valence-electron chi connectivity index (χ0n) is 14.6. The molecule has 5 heteroatoms. The zero-order valence-corrected chi connectivity index (χ0v) is 14.6. The maximum atomic E-state index is 12.3. The van der Waals surface area contributed by atoms with Crippen molar-refractivity contribution in [1.29, 1.82) is 0 Å². The van der Waals surface area contributed by atoms with E-state index in [1.807, 2.05) is 56.9 Å². The normalized spacial score (nSPS) is 17.9. The highest BCUT2D eigenvalue weighted by atomic mass is 16.6. The molecule has 0 spiro atoms. The van der Waals surface area contributed by atoms with Gasteiger partial charge < -0.3 is 19.7 Å². The van der Waals surface area contributed by atoms with Crippen LogP contribution < -0.4 is 10.1 Å². The van der Waals surface area contributed by atoms with Crippen molar-refractivity contribution in [3.63, 3.8) is 0 Å². The summed E-state index contributed by atoms with van der Waals surface area (Å²) in [4.78, 5) is 14.1. The first-order valence-corrected chi connectivity index (χ1v) is 8.35. The highest BCUT2D eigenvalue weighted by Crippen LogP contribution is 2.22. The van der Waals surface area contributed by atoms with Crippen molar-refractivity contribution in [2.45, 2.75) is 52.2 Å². The van der Waals surface area contributed by atoms with Crippen LogP contribution in [-0.4, -0.2) is 42.3 Å². The fraction of sp³-hybridized carbons (Fsp3) is 0.611. The number of hydrogen-bond donors (Lipinski definition) is 1. The average molecular weight is 320 g/mol. The molecule has 0 radical (unpaired) electrons. The summed E-state index contributed by atoms with van der Waals surface area (Å²) in [5.74, 6) is 0.870. The lowest BCUT2D eigenvalue weighted by Gasteiger charge is -2.29. The fourth-order valence-electron chi connectivity index (χ4n) is 2.68. The van der Waals surface area contributed by atoms with Gasteiger partial charge in [0.25, 0.3) is 0 Å². The molecule has 1 aliphatic rings. The van der Waals surface area contributed by atoms with Crippen LogP contribution in [0.15, 0.2) is 24.3 Å². The van der Waals surface area contributed by atoms with Crippen molar-refractivity contribution in [3.8, 4) is 5.75 Å². The van der Waals surface area contributed by atoms with Gasteiger partial charge in [-0.25, -0.2) is 4.79 Å². The summed E-state index contributed by atoms with van der Waals surface area (Å²) in [5, 5.41) is 3.40. The molecule has 0 saturated carbocycles. The number of rotatable bonds is 5. The maximum Gasteiger partial charge on any atom is 0.410 e. The van der Waals surface area contributed by atoms with E-state index in [0.717, 1.165) is 37.4 Å². The molecule has 1 aliphatic heterocycles. The molecule has 1 atom stereocenters. The van der Waals surface area contributed by atoms with E-state index >= 15 is 0 Å². The molecule has 1 fully saturated rings. The van der Waals surface area contributed by atoms with Gasteiger partial charge in [-0.05, 0) is 64.8 Å². The second kappa shape index (κ2) is 7.57. The Morgan fingerprint density at radius 1 is 1.30 bits per heavy atom. The quantitative estimate of drug-likeness (QED) is 0.894. The smallest absolute Gasteiger partial charge is 0.410 e. The Bertz CT molecular complexity index is 508. The van der Waals surface area contributed by atoms with E-state index in [4.69, 9.17) is 9.47 Å². The Morgan fingerprint density at radius 2 is 2.00 bits per heavy atom. The molecular formula is C18H28N2O3. The van der Waals surface area contributed by atoms with Gasteiger partial charge in [-0.1, -0.05) is 0 Å². The second-order valence-electron chi connectivity index (χ2n) is 6.81. The van der Waals surface area contributed by atoms with E-state index in [0.29, 0.717) is 6.61 Å². The average Bonchev–Trinajstić information content (AvgIpc) is 2.94. The van der Waals surface area contributed by atoms with Crippen molar-refractivity contribution in [2.24, 2.45) is 0 Å². The molecule has 1 amide bonds. The predicted molar refractivity (Wildman–Crippen MR) is 92.1 cm³/mol. The highest BCUT2D eigenvalue weighted by molar-refractivity contribution is 5.69. The summed E-state index contributed by atoms with van der Waals surface area (Å²) < 4.78 is 10.9. The molecule has 5 nitrogen and oxygen atoms in total. The molecule has 2 rings (SSSR count). The van der Waals surface area contributed by atoms with Crippen LogP contribution in [-0.2, 0) is 4.74 Å². The number of benzene rings is 1. The zero-order chi connectivity index (χ0) is 16.9. The first-order valence-electron chi connectivity index (χ1n) is 8.35. The van der Waals surface area contributed by atoms with Gasteiger partial charge in [0.05, 0.1) is 12.6 Å². The lowest BCUT2D eigenvalue weighted by atomic mass is 10.2. The lowest BCUT2D eigenvalue weighted by molar-refractivity contribution is 0.0235. The van der Waals surface area contributed by atoms with Crippen molar-refractivity contribution >= 4 is 11.8 Å². The lowest BCUT2D eigenvalue weighted by Crippen LogP contribution is -2.42. The molecule has 128 valence electrons. The third-order valence-electron chi connectivity index (χ3n) is 3.71. The highest BCUT2D eigenvalue weighted by Gasteiger charge is 2.31. The minimum absolute atomic E-state index is 0.177. The molecule has 1 saturated heterocycles. The number of hydrogen-bond acceptors (Lipinski definition) is 4.